The molecular weight excluding hydrogens is 487 g/mol. The number of H-pyrrole nitrogens is 1. The van der Waals surface area contributed by atoms with E-state index in [1.165, 1.54) is 37.6 Å². The fourth-order valence-electron chi connectivity index (χ4n) is 3.00. The number of carboxylic acids is 1. The van der Waals surface area contributed by atoms with E-state index in [-0.39, 0.29) is 39.0 Å². The molecule has 1 unspecified atom stereocenters. The zero-order chi connectivity index (χ0) is 24.8. The van der Waals surface area contributed by atoms with Crippen molar-refractivity contribution in [3.05, 3.63) is 85.9 Å². The van der Waals surface area contributed by atoms with E-state index in [4.69, 9.17) is 27.9 Å². The molecule has 3 rings (SSSR count). The lowest BCUT2D eigenvalue weighted by molar-refractivity contribution is -0.139. The zero-order valence-corrected chi connectivity index (χ0v) is 19.1. The first-order valence-electron chi connectivity index (χ1n) is 9.71. The Labute approximate surface area is 202 Å². The minimum absolute atomic E-state index is 0.0417. The molecule has 1 atom stereocenters. The third kappa shape index (κ3) is 5.91. The second kappa shape index (κ2) is 10.8. The number of amides is 2. The van der Waals surface area contributed by atoms with Gasteiger partial charge in [0.2, 0.25) is 0 Å². The molecule has 0 bridgehead atoms. The van der Waals surface area contributed by atoms with E-state index in [1.807, 2.05) is 0 Å². The highest BCUT2D eigenvalue weighted by Gasteiger charge is 2.24. The smallest absolute Gasteiger partial charge is 0.346 e. The number of ether oxygens (including phenoxy) is 1. The van der Waals surface area contributed by atoms with Gasteiger partial charge in [0, 0.05) is 23.7 Å². The molecule has 176 valence electrons. The number of nitrogens with one attached hydrogen (secondary N) is 3. The normalized spacial score (nSPS) is 11.4. The molecule has 0 fully saturated rings. The van der Waals surface area contributed by atoms with Crippen LogP contribution in [0.25, 0.3) is 0 Å². The zero-order valence-electron chi connectivity index (χ0n) is 17.6. The van der Waals surface area contributed by atoms with E-state index >= 15 is 0 Å². The van der Waals surface area contributed by atoms with Crippen molar-refractivity contribution in [3.8, 4) is 5.75 Å². The standard InChI is InChI=1S/C22H18Cl2N4O6/c1-34-13-5-2-4-11(8-13)19(29)26-16(21(31)32)9-12-10-25-22(33)28-18(12)27-20(30)17-14(23)6-3-7-15(17)24/h2-8,10,16H,9H2,1H3,(H,26,29)(H,31,32)(H2,25,27,28,30,33). The number of anilines is 1. The summed E-state index contributed by atoms with van der Waals surface area (Å²) in [5, 5.41) is 14.6. The Balaban J connectivity index is 1.85. The molecule has 2 aromatic carbocycles. The molecule has 0 saturated carbocycles. The number of halogens is 2. The van der Waals surface area contributed by atoms with E-state index in [2.05, 4.69) is 20.6 Å². The lowest BCUT2D eigenvalue weighted by Gasteiger charge is -2.17. The molecule has 0 radical (unpaired) electrons. The minimum atomic E-state index is -1.41. The van der Waals surface area contributed by atoms with Crippen LogP contribution in [0.4, 0.5) is 5.82 Å². The Bertz CT molecular complexity index is 1290. The molecule has 10 nitrogen and oxygen atoms in total. The van der Waals surface area contributed by atoms with Gasteiger partial charge < -0.3 is 25.5 Å². The van der Waals surface area contributed by atoms with Crippen LogP contribution in [0.15, 0.2) is 53.5 Å². The van der Waals surface area contributed by atoms with Gasteiger partial charge in [-0.2, -0.15) is 4.98 Å². The molecule has 12 heteroatoms. The van der Waals surface area contributed by atoms with Crippen LogP contribution in [0.5, 0.6) is 5.75 Å². The molecule has 0 aliphatic carbocycles. The van der Waals surface area contributed by atoms with Crippen LogP contribution in [-0.2, 0) is 11.2 Å². The second-order valence-corrected chi connectivity index (χ2v) is 7.75. The number of benzene rings is 2. The average molecular weight is 505 g/mol. The van der Waals surface area contributed by atoms with Crippen LogP contribution in [0.2, 0.25) is 10.0 Å². The first-order chi connectivity index (χ1) is 16.2. The SMILES string of the molecule is COc1cccc(C(=O)NC(Cc2c[nH]c(=O)nc2NC(=O)c2c(Cl)cccc2Cl)C(=O)O)c1. The second-order valence-electron chi connectivity index (χ2n) is 6.93. The summed E-state index contributed by atoms with van der Waals surface area (Å²) < 4.78 is 5.07. The maximum Gasteiger partial charge on any atom is 0.346 e. The number of hydrogen-bond donors (Lipinski definition) is 4. The van der Waals surface area contributed by atoms with Crippen LogP contribution < -0.4 is 21.1 Å². The summed E-state index contributed by atoms with van der Waals surface area (Å²) in [6.07, 6.45) is 0.896. The van der Waals surface area contributed by atoms with Crippen LogP contribution >= 0.6 is 23.2 Å². The third-order valence-corrected chi connectivity index (χ3v) is 5.30. The van der Waals surface area contributed by atoms with E-state index in [0.29, 0.717) is 5.75 Å². The molecule has 0 saturated heterocycles. The monoisotopic (exact) mass is 504 g/mol. The summed E-state index contributed by atoms with van der Waals surface area (Å²) in [6.45, 7) is 0. The van der Waals surface area contributed by atoms with E-state index < -0.39 is 29.5 Å². The number of carboxylic acid groups (broad SMARTS) is 1. The number of hydrogen-bond acceptors (Lipinski definition) is 6. The van der Waals surface area contributed by atoms with Crippen molar-refractivity contribution < 1.29 is 24.2 Å². The number of carbonyl (C=O) groups excluding carboxylic acids is 2. The van der Waals surface area contributed by atoms with Crippen LogP contribution in [0, 0.1) is 0 Å². The predicted molar refractivity (Wildman–Crippen MR) is 125 cm³/mol. The quantitative estimate of drug-likeness (QED) is 0.368. The van der Waals surface area contributed by atoms with Crippen molar-refractivity contribution in [2.24, 2.45) is 0 Å². The molecule has 1 aromatic heterocycles. The van der Waals surface area contributed by atoms with Crippen molar-refractivity contribution >= 4 is 46.8 Å². The van der Waals surface area contributed by atoms with Crippen molar-refractivity contribution in [2.45, 2.75) is 12.5 Å². The van der Waals surface area contributed by atoms with Crippen molar-refractivity contribution in [1.29, 1.82) is 0 Å². The van der Waals surface area contributed by atoms with Gasteiger partial charge in [-0.25, -0.2) is 9.59 Å². The number of aliphatic carboxylic acids is 1. The fraction of sp³-hybridized carbons (Fsp3) is 0.136. The minimum Gasteiger partial charge on any atom is -0.497 e. The Morgan fingerprint density at radius 3 is 2.44 bits per heavy atom. The van der Waals surface area contributed by atoms with Crippen molar-refractivity contribution in [2.75, 3.05) is 12.4 Å². The van der Waals surface area contributed by atoms with Gasteiger partial charge in [0.25, 0.3) is 11.8 Å². The predicted octanol–water partition coefficient (Wildman–Crippen LogP) is 2.76. The van der Waals surface area contributed by atoms with Gasteiger partial charge in [-0.1, -0.05) is 35.3 Å². The molecule has 0 aliphatic heterocycles. The first kappa shape index (κ1) is 24.7. The molecule has 4 N–H and O–H groups in total. The third-order valence-electron chi connectivity index (χ3n) is 4.67. The number of rotatable bonds is 8. The van der Waals surface area contributed by atoms with Gasteiger partial charge in [-0.15, -0.1) is 0 Å². The van der Waals surface area contributed by atoms with Gasteiger partial charge in [-0.3, -0.25) is 9.59 Å². The summed E-state index contributed by atoms with van der Waals surface area (Å²) in [5.41, 5.74) is -0.488. The highest BCUT2D eigenvalue weighted by Crippen LogP contribution is 2.25. The number of aromatic nitrogens is 2. The van der Waals surface area contributed by atoms with E-state index in [0.717, 1.165) is 0 Å². The molecule has 2 amide bonds. The van der Waals surface area contributed by atoms with Gasteiger partial charge >= 0.3 is 11.7 Å². The Hall–Kier alpha value is -3.89. The molecule has 34 heavy (non-hydrogen) atoms. The molecular formula is C22H18Cl2N4O6. The topological polar surface area (TPSA) is 150 Å². The average Bonchev–Trinajstić information content (AvgIpc) is 2.79. The number of nitrogens with zero attached hydrogens (tertiary/aromatic N) is 1. The summed E-state index contributed by atoms with van der Waals surface area (Å²) in [4.78, 5) is 55.0. The van der Waals surface area contributed by atoms with Crippen LogP contribution in [0.3, 0.4) is 0 Å². The fourth-order valence-corrected chi connectivity index (χ4v) is 3.57. The molecule has 0 spiro atoms. The van der Waals surface area contributed by atoms with Gasteiger partial charge in [0.1, 0.15) is 17.6 Å². The Kier molecular flexibility index (Phi) is 7.87. The highest BCUT2D eigenvalue weighted by molar-refractivity contribution is 6.40. The van der Waals surface area contributed by atoms with Crippen molar-refractivity contribution in [3.63, 3.8) is 0 Å². The summed E-state index contributed by atoms with van der Waals surface area (Å²) in [5.74, 6) is -2.52. The van der Waals surface area contributed by atoms with E-state index in [9.17, 15) is 24.3 Å². The van der Waals surface area contributed by atoms with Crippen molar-refractivity contribution in [1.82, 2.24) is 15.3 Å². The van der Waals surface area contributed by atoms with E-state index in [1.54, 1.807) is 18.2 Å². The highest BCUT2D eigenvalue weighted by atomic mass is 35.5. The Morgan fingerprint density at radius 1 is 1.12 bits per heavy atom. The number of aromatic amines is 1. The van der Waals surface area contributed by atoms with Gasteiger partial charge in [0.15, 0.2) is 0 Å². The molecule has 1 heterocycles. The molecule has 0 aliphatic rings. The number of carbonyl (C=O) groups is 3. The molecule has 3 aromatic rings. The first-order valence-corrected chi connectivity index (χ1v) is 10.5. The van der Waals surface area contributed by atoms with Gasteiger partial charge in [-0.05, 0) is 30.3 Å². The lowest BCUT2D eigenvalue weighted by atomic mass is 10.1. The maximum absolute atomic E-state index is 12.7. The maximum atomic E-state index is 12.7. The Morgan fingerprint density at radius 2 is 1.79 bits per heavy atom. The van der Waals surface area contributed by atoms with Crippen LogP contribution in [0.1, 0.15) is 26.3 Å². The van der Waals surface area contributed by atoms with Gasteiger partial charge in [0.05, 0.1) is 22.7 Å². The summed E-state index contributed by atoms with van der Waals surface area (Å²) in [7, 11) is 1.44. The largest absolute Gasteiger partial charge is 0.497 e. The van der Waals surface area contributed by atoms with Crippen LogP contribution in [-0.4, -0.2) is 46.0 Å². The summed E-state index contributed by atoms with van der Waals surface area (Å²) in [6, 6.07) is 9.24. The number of methoxy groups -OCH3 is 1. The summed E-state index contributed by atoms with van der Waals surface area (Å²) >= 11 is 12.1. The lowest BCUT2D eigenvalue weighted by Crippen LogP contribution is -2.42.